The van der Waals surface area contributed by atoms with E-state index in [2.05, 4.69) is 0 Å². The van der Waals surface area contributed by atoms with Gasteiger partial charge in [-0.05, 0) is 18.2 Å². The molecule has 29 heavy (non-hydrogen) atoms. The van der Waals surface area contributed by atoms with Crippen LogP contribution in [-0.2, 0) is 0 Å². The van der Waals surface area contributed by atoms with E-state index in [1.54, 1.807) is 28.4 Å². The molecule has 0 N–H and O–H groups in total. The summed E-state index contributed by atoms with van der Waals surface area (Å²) >= 11 is 0. The van der Waals surface area contributed by atoms with Crippen LogP contribution in [0.2, 0.25) is 0 Å². The highest BCUT2D eigenvalue weighted by Gasteiger charge is 2.20. The number of hydrogen-bond acceptors (Lipinski definition) is 8. The van der Waals surface area contributed by atoms with Crippen molar-refractivity contribution in [3.63, 3.8) is 0 Å². The van der Waals surface area contributed by atoms with Gasteiger partial charge in [0.2, 0.25) is 0 Å². The van der Waals surface area contributed by atoms with Crippen LogP contribution in [0.3, 0.4) is 0 Å². The number of hydrogen-bond donors (Lipinski definition) is 0. The van der Waals surface area contributed by atoms with E-state index in [-0.39, 0.29) is 0 Å². The minimum atomic E-state index is -4.94. The molecule has 156 valence electrons. The van der Waals surface area contributed by atoms with E-state index in [9.17, 15) is 0 Å². The summed E-state index contributed by atoms with van der Waals surface area (Å²) in [6, 6.07) is 13.2. The summed E-state index contributed by atoms with van der Waals surface area (Å²) in [6.07, 6.45) is 0. The smallest absolute Gasteiger partial charge is 0.368 e. The molecule has 0 saturated heterocycles. The Balaban J connectivity index is 0.000000537. The number of fused-ring (bicyclic) bond motifs is 1. The summed E-state index contributed by atoms with van der Waals surface area (Å²) in [6.45, 7) is 0. The maximum absolute atomic E-state index is 8.49. The summed E-state index contributed by atoms with van der Waals surface area (Å²) < 4.78 is 61.3. The van der Waals surface area contributed by atoms with E-state index < -0.39 is 10.2 Å². The molecule has 3 rings (SSSR count). The van der Waals surface area contributed by atoms with Crippen LogP contribution in [0.4, 0.5) is 0 Å². The molecule has 0 aliphatic rings. The Morgan fingerprint density at radius 3 is 1.86 bits per heavy atom. The first-order valence-corrected chi connectivity index (χ1v) is 9.26. The van der Waals surface area contributed by atoms with Crippen LogP contribution in [-0.4, -0.2) is 28.4 Å². The summed E-state index contributed by atoms with van der Waals surface area (Å²) in [5.74, 6) is 3.40. The molecule has 9 nitrogen and oxygen atoms in total. The van der Waals surface area contributed by atoms with Crippen LogP contribution in [0, 0.1) is 10.2 Å². The van der Waals surface area contributed by atoms with Gasteiger partial charge in [0.15, 0.2) is 11.5 Å². The summed E-state index contributed by atoms with van der Waals surface area (Å²) in [7, 11) is 1.50. The van der Waals surface area contributed by atoms with Crippen LogP contribution in [0.5, 0.6) is 23.0 Å². The summed E-state index contributed by atoms with van der Waals surface area (Å²) in [5.41, 5.74) is 1.56. The first-order valence-electron chi connectivity index (χ1n) is 8.03. The Morgan fingerprint density at radius 2 is 1.31 bits per heavy atom. The van der Waals surface area contributed by atoms with Gasteiger partial charge in [-0.2, -0.15) is 0 Å². The standard InChI is InChI=1S/C19H19O5.ClHO4/c1-20-13-10-17(22-3)14-6-8-15(24-18(14)11-13)12-5-7-16(21-2)19(9-12)23-4;2-1(3,4)5/h5-11H,1-4H3;(H,2,3,4,5)/q+1;/p-1. The molecule has 3 aromatic rings. The molecule has 1 heterocycles. The van der Waals surface area contributed by atoms with Gasteiger partial charge in [-0.25, -0.2) is 23.1 Å². The van der Waals surface area contributed by atoms with Gasteiger partial charge in [-0.15, -0.1) is 10.2 Å². The monoisotopic (exact) mass is 426 g/mol. The number of halogens is 1. The van der Waals surface area contributed by atoms with E-state index in [0.717, 1.165) is 10.9 Å². The van der Waals surface area contributed by atoms with Gasteiger partial charge < -0.3 is 18.9 Å². The van der Waals surface area contributed by atoms with Crippen molar-refractivity contribution < 1.29 is 52.2 Å². The van der Waals surface area contributed by atoms with E-state index in [1.807, 2.05) is 42.5 Å². The first kappa shape index (κ1) is 22.5. The van der Waals surface area contributed by atoms with Crippen molar-refractivity contribution in [3.8, 4) is 34.3 Å². The SMILES string of the molecule is COc1cc(OC)c2ccc(-c3ccc(OC)c(OC)c3)[o+]c2c1.[O-][Cl+3]([O-])([O-])[O-]. The predicted molar refractivity (Wildman–Crippen MR) is 92.3 cm³/mol. The zero-order valence-electron chi connectivity index (χ0n) is 16.1. The topological polar surface area (TPSA) is 140 Å². The highest BCUT2D eigenvalue weighted by molar-refractivity contribution is 5.86. The second kappa shape index (κ2) is 9.59. The van der Waals surface area contributed by atoms with Gasteiger partial charge in [0.05, 0.1) is 40.1 Å². The van der Waals surface area contributed by atoms with Gasteiger partial charge in [-0.3, -0.25) is 0 Å². The fourth-order valence-electron chi connectivity index (χ4n) is 2.57. The molecule has 0 aliphatic carbocycles. The molecule has 1 aromatic heterocycles. The lowest BCUT2D eigenvalue weighted by Crippen LogP contribution is -2.68. The van der Waals surface area contributed by atoms with E-state index in [4.69, 9.17) is 42.0 Å². The fraction of sp³-hybridized carbons (Fsp3) is 0.211. The molecule has 0 saturated carbocycles. The minimum absolute atomic E-state index is 0.647. The summed E-state index contributed by atoms with van der Waals surface area (Å²) in [5, 5.41) is 0.877. The summed E-state index contributed by atoms with van der Waals surface area (Å²) in [4.78, 5) is 0. The predicted octanol–water partition coefficient (Wildman–Crippen LogP) is -0.341. The zero-order valence-corrected chi connectivity index (χ0v) is 16.8. The second-order valence-corrected chi connectivity index (χ2v) is 6.24. The number of benzene rings is 2. The lowest BCUT2D eigenvalue weighted by molar-refractivity contribution is -2.00. The van der Waals surface area contributed by atoms with Gasteiger partial charge >= 0.3 is 11.3 Å². The van der Waals surface area contributed by atoms with Crippen LogP contribution in [0.15, 0.2) is 46.9 Å². The Morgan fingerprint density at radius 1 is 0.690 bits per heavy atom. The molecule has 0 atom stereocenters. The maximum Gasteiger partial charge on any atom is 0.368 e. The Kier molecular flexibility index (Phi) is 7.43. The number of ether oxygens (including phenoxy) is 4. The molecule has 0 amide bonds. The Hall–Kier alpha value is -2.82. The third-order valence-electron chi connectivity index (χ3n) is 3.82. The molecule has 0 unspecified atom stereocenters. The van der Waals surface area contributed by atoms with Gasteiger partial charge in [0.1, 0.15) is 16.9 Å². The number of rotatable bonds is 5. The van der Waals surface area contributed by atoms with Crippen LogP contribution < -0.4 is 37.6 Å². The third-order valence-corrected chi connectivity index (χ3v) is 3.82. The quantitative estimate of drug-likeness (QED) is 0.501. The van der Waals surface area contributed by atoms with Crippen molar-refractivity contribution in [3.05, 3.63) is 42.5 Å². The van der Waals surface area contributed by atoms with Crippen LogP contribution in [0.25, 0.3) is 22.3 Å². The maximum atomic E-state index is 8.49. The lowest BCUT2D eigenvalue weighted by atomic mass is 10.1. The lowest BCUT2D eigenvalue weighted by Gasteiger charge is -2.17. The van der Waals surface area contributed by atoms with Gasteiger partial charge in [0.25, 0.3) is 0 Å². The van der Waals surface area contributed by atoms with Gasteiger partial charge in [0, 0.05) is 18.2 Å². The Bertz CT molecular complexity index is 964. The fourth-order valence-corrected chi connectivity index (χ4v) is 2.57. The van der Waals surface area contributed by atoms with Crippen molar-refractivity contribution in [1.82, 2.24) is 0 Å². The molecule has 0 bridgehead atoms. The van der Waals surface area contributed by atoms with Crippen molar-refractivity contribution >= 4 is 11.0 Å². The molecule has 0 spiro atoms. The van der Waals surface area contributed by atoms with E-state index in [1.165, 1.54) is 0 Å². The first-order chi connectivity index (χ1) is 13.7. The molecule has 10 heteroatoms. The van der Waals surface area contributed by atoms with Crippen molar-refractivity contribution in [2.45, 2.75) is 0 Å². The van der Waals surface area contributed by atoms with E-state index in [0.29, 0.717) is 34.3 Å². The normalized spacial score (nSPS) is 10.8. The van der Waals surface area contributed by atoms with Crippen molar-refractivity contribution in [2.75, 3.05) is 28.4 Å². The van der Waals surface area contributed by atoms with Crippen LogP contribution in [0.1, 0.15) is 0 Å². The number of methoxy groups -OCH3 is 4. The average Bonchev–Trinajstić information content (AvgIpc) is 2.70. The van der Waals surface area contributed by atoms with E-state index >= 15 is 0 Å². The zero-order chi connectivity index (χ0) is 21.6. The molecule has 0 fully saturated rings. The van der Waals surface area contributed by atoms with Crippen molar-refractivity contribution in [2.24, 2.45) is 0 Å². The Labute approximate surface area is 169 Å². The minimum Gasteiger partial charge on any atom is -0.496 e. The second-order valence-electron chi connectivity index (χ2n) is 5.49. The highest BCUT2D eigenvalue weighted by Crippen LogP contribution is 2.36. The van der Waals surface area contributed by atoms with Crippen molar-refractivity contribution in [1.29, 1.82) is 0 Å². The molecule has 0 aliphatic heterocycles. The molecular weight excluding hydrogens is 408 g/mol. The average molecular weight is 427 g/mol. The molecular formula is C19H19ClO9. The highest BCUT2D eigenvalue weighted by atomic mass is 35.7. The largest absolute Gasteiger partial charge is 0.496 e. The van der Waals surface area contributed by atoms with Gasteiger partial charge in [-0.1, -0.05) is 0 Å². The molecule has 0 radical (unpaired) electrons. The van der Waals surface area contributed by atoms with Crippen LogP contribution >= 0.6 is 0 Å². The third kappa shape index (κ3) is 6.08. The molecule has 2 aromatic carbocycles.